The molecule has 0 saturated carbocycles. The number of hydrogen-bond acceptors (Lipinski definition) is 4. The van der Waals surface area contributed by atoms with Crippen molar-refractivity contribution in [3.8, 4) is 5.75 Å². The molecule has 3 aromatic carbocycles. The molecule has 1 unspecified atom stereocenters. The quantitative estimate of drug-likeness (QED) is 0.250. The molecular formula is C37H44BrN3O2. The zero-order valence-electron chi connectivity index (χ0n) is 26.0. The second kappa shape index (κ2) is 17.4. The molecule has 0 aliphatic carbocycles. The van der Waals surface area contributed by atoms with Crippen LogP contribution in [-0.2, 0) is 4.79 Å². The lowest BCUT2D eigenvalue weighted by molar-refractivity contribution is -0.133. The van der Waals surface area contributed by atoms with Gasteiger partial charge in [0.2, 0.25) is 5.91 Å². The van der Waals surface area contributed by atoms with E-state index in [-0.39, 0.29) is 17.6 Å². The second-order valence-electron chi connectivity index (χ2n) is 11.0. The van der Waals surface area contributed by atoms with Gasteiger partial charge in [-0.25, -0.2) is 0 Å². The van der Waals surface area contributed by atoms with Gasteiger partial charge in [-0.15, -0.1) is 0 Å². The Balaban J connectivity index is 0.000000238. The number of aromatic hydroxyl groups is 1. The topological polar surface area (TPSA) is 65.3 Å². The summed E-state index contributed by atoms with van der Waals surface area (Å²) >= 11 is 3.43. The number of para-hydroxylation sites is 1. The van der Waals surface area contributed by atoms with E-state index in [1.165, 1.54) is 6.42 Å². The molecule has 1 fully saturated rings. The minimum Gasteiger partial charge on any atom is -0.507 e. The third-order valence-corrected chi connectivity index (χ3v) is 8.18. The van der Waals surface area contributed by atoms with Crippen molar-refractivity contribution in [1.82, 2.24) is 4.90 Å². The van der Waals surface area contributed by atoms with E-state index in [4.69, 9.17) is 0 Å². The van der Waals surface area contributed by atoms with E-state index in [0.717, 1.165) is 58.5 Å². The van der Waals surface area contributed by atoms with E-state index in [1.54, 1.807) is 25.4 Å². The zero-order valence-corrected chi connectivity index (χ0v) is 27.6. The standard InChI is InChI=1S/C21H25NO.C16H19BrN2O/c1-2-17-10-9-15-22(16-17)21(23)20(18-11-5-3-6-12-18)19-13-7-4-8-14-19;1-11(2)9-15(13-7-5-6-8-16(13)20)19-12(3)14(17)10-18-4/h3-8,11-14,17,20H,2,9-10,15-16H2,1H3;5-10,20H,1-4H3/b;14-12-,18-10?,19-15?. The number of hydrogen-bond donors (Lipinski definition) is 1. The molecule has 0 bridgehead atoms. The summed E-state index contributed by atoms with van der Waals surface area (Å²) in [5.41, 5.74) is 5.51. The maximum atomic E-state index is 13.3. The molecule has 4 rings (SSSR count). The highest BCUT2D eigenvalue weighted by molar-refractivity contribution is 9.12. The lowest BCUT2D eigenvalue weighted by Crippen LogP contribution is -2.42. The van der Waals surface area contributed by atoms with Gasteiger partial charge in [0.1, 0.15) is 5.75 Å². The predicted molar refractivity (Wildman–Crippen MR) is 184 cm³/mol. The number of phenolic OH excluding ortho intramolecular Hbond substituents is 1. The summed E-state index contributed by atoms with van der Waals surface area (Å²) in [6, 6.07) is 27.5. The number of nitrogens with zero attached hydrogens (tertiary/aromatic N) is 3. The summed E-state index contributed by atoms with van der Waals surface area (Å²) in [4.78, 5) is 23.9. The van der Waals surface area contributed by atoms with Gasteiger partial charge in [0.25, 0.3) is 0 Å². The monoisotopic (exact) mass is 641 g/mol. The fraction of sp³-hybridized carbons (Fsp3) is 0.324. The smallest absolute Gasteiger partial charge is 0.234 e. The summed E-state index contributed by atoms with van der Waals surface area (Å²) in [5, 5.41) is 9.98. The van der Waals surface area contributed by atoms with Crippen LogP contribution in [0.1, 0.15) is 69.6 Å². The Hall–Kier alpha value is -3.77. The van der Waals surface area contributed by atoms with Gasteiger partial charge in [0.15, 0.2) is 0 Å². The summed E-state index contributed by atoms with van der Waals surface area (Å²) in [6.07, 6.45) is 7.18. The van der Waals surface area contributed by atoms with Gasteiger partial charge < -0.3 is 10.0 Å². The van der Waals surface area contributed by atoms with Crippen LogP contribution in [0.2, 0.25) is 0 Å². The number of carbonyl (C=O) groups excluding carboxylic acids is 1. The Morgan fingerprint density at radius 2 is 1.56 bits per heavy atom. The number of piperidine rings is 1. The van der Waals surface area contributed by atoms with E-state index < -0.39 is 0 Å². The molecule has 3 aromatic rings. The number of rotatable bonds is 8. The maximum absolute atomic E-state index is 13.3. The first kappa shape index (κ1) is 33.7. The van der Waals surface area contributed by atoms with Crippen LogP contribution in [0.3, 0.4) is 0 Å². The van der Waals surface area contributed by atoms with Crippen LogP contribution in [0, 0.1) is 5.92 Å². The van der Waals surface area contributed by atoms with E-state index in [0.29, 0.717) is 11.5 Å². The molecule has 1 heterocycles. The first-order chi connectivity index (χ1) is 20.7. The molecule has 0 radical (unpaired) electrons. The lowest BCUT2D eigenvalue weighted by Gasteiger charge is -2.35. The minimum absolute atomic E-state index is 0.187. The number of amides is 1. The molecule has 0 aromatic heterocycles. The summed E-state index contributed by atoms with van der Waals surface area (Å²) in [5.74, 6) is 0.935. The normalized spacial score (nSPS) is 15.9. The van der Waals surface area contributed by atoms with Gasteiger partial charge in [-0.2, -0.15) is 0 Å². The fourth-order valence-electron chi connectivity index (χ4n) is 5.12. The van der Waals surface area contributed by atoms with Crippen LogP contribution in [0.25, 0.3) is 0 Å². The molecule has 1 amide bonds. The third kappa shape index (κ3) is 10.2. The van der Waals surface area contributed by atoms with Crippen molar-refractivity contribution in [2.24, 2.45) is 15.9 Å². The van der Waals surface area contributed by atoms with E-state index in [1.807, 2.05) is 75.4 Å². The molecule has 1 aliphatic heterocycles. The highest BCUT2D eigenvalue weighted by Crippen LogP contribution is 2.29. The second-order valence-corrected chi connectivity index (χ2v) is 11.9. The third-order valence-electron chi connectivity index (χ3n) is 7.40. The van der Waals surface area contributed by atoms with Gasteiger partial charge in [-0.1, -0.05) is 91.7 Å². The van der Waals surface area contributed by atoms with Gasteiger partial charge in [0, 0.05) is 31.9 Å². The van der Waals surface area contributed by atoms with Crippen molar-refractivity contribution in [1.29, 1.82) is 0 Å². The van der Waals surface area contributed by atoms with Crippen molar-refractivity contribution in [3.05, 3.63) is 123 Å². The average molecular weight is 643 g/mol. The minimum atomic E-state index is -0.187. The van der Waals surface area contributed by atoms with Crippen LogP contribution < -0.4 is 0 Å². The Morgan fingerprint density at radius 1 is 0.977 bits per heavy atom. The number of aliphatic imine (C=N–C) groups is 2. The Kier molecular flexibility index (Phi) is 13.6. The Morgan fingerprint density at radius 3 is 2.09 bits per heavy atom. The molecule has 1 atom stereocenters. The van der Waals surface area contributed by atoms with Crippen LogP contribution in [0.15, 0.2) is 117 Å². The van der Waals surface area contributed by atoms with Crippen molar-refractivity contribution in [3.63, 3.8) is 0 Å². The number of likely N-dealkylation sites (tertiary alicyclic amines) is 1. The predicted octanol–water partition coefficient (Wildman–Crippen LogP) is 8.94. The van der Waals surface area contributed by atoms with E-state index >= 15 is 0 Å². The SMILES string of the molecule is CCC1CCCN(C(=O)C(c2ccccc2)c2ccccc2)C1.CN=C/C(Br)=C(\C)N=C(C=C(C)C)c1ccccc1O. The Bertz CT molecular complexity index is 1400. The molecule has 0 spiro atoms. The fourth-order valence-corrected chi connectivity index (χ4v) is 5.42. The van der Waals surface area contributed by atoms with E-state index in [9.17, 15) is 9.90 Å². The van der Waals surface area contributed by atoms with Gasteiger partial charge >= 0.3 is 0 Å². The molecule has 6 heteroatoms. The highest BCUT2D eigenvalue weighted by atomic mass is 79.9. The van der Waals surface area contributed by atoms with Gasteiger partial charge in [-0.3, -0.25) is 14.8 Å². The molecule has 1 saturated heterocycles. The van der Waals surface area contributed by atoms with Crippen LogP contribution in [0.4, 0.5) is 0 Å². The molecule has 1 aliphatic rings. The van der Waals surface area contributed by atoms with Crippen molar-refractivity contribution < 1.29 is 9.90 Å². The molecule has 1 N–H and O–H groups in total. The summed E-state index contributed by atoms with van der Waals surface area (Å²) < 4.78 is 0.815. The number of benzene rings is 3. The van der Waals surface area contributed by atoms with Crippen LogP contribution in [0.5, 0.6) is 5.75 Å². The van der Waals surface area contributed by atoms with Crippen LogP contribution in [-0.4, -0.2) is 48.0 Å². The van der Waals surface area contributed by atoms with Crippen LogP contribution >= 0.6 is 15.9 Å². The lowest BCUT2D eigenvalue weighted by atomic mass is 9.88. The largest absolute Gasteiger partial charge is 0.507 e. The summed E-state index contributed by atoms with van der Waals surface area (Å²) in [7, 11) is 1.71. The summed E-state index contributed by atoms with van der Waals surface area (Å²) in [6.45, 7) is 9.92. The molecule has 226 valence electrons. The zero-order chi connectivity index (χ0) is 31.2. The van der Waals surface area contributed by atoms with Gasteiger partial charge in [-0.05, 0) is 84.8 Å². The van der Waals surface area contributed by atoms with E-state index in [2.05, 4.69) is 62.0 Å². The number of halogens is 1. The molecule has 43 heavy (non-hydrogen) atoms. The molecular weight excluding hydrogens is 598 g/mol. The average Bonchev–Trinajstić information content (AvgIpc) is 3.02. The number of allylic oxidation sites excluding steroid dienone is 4. The van der Waals surface area contributed by atoms with Gasteiger partial charge in [0.05, 0.1) is 21.8 Å². The van der Waals surface area contributed by atoms with Crippen molar-refractivity contribution in [2.75, 3.05) is 20.1 Å². The number of phenols is 1. The number of carbonyl (C=O) groups is 1. The first-order valence-corrected chi connectivity index (χ1v) is 15.7. The Labute approximate surface area is 265 Å². The highest BCUT2D eigenvalue weighted by Gasteiger charge is 2.30. The first-order valence-electron chi connectivity index (χ1n) is 14.9. The molecule has 5 nitrogen and oxygen atoms in total. The maximum Gasteiger partial charge on any atom is 0.234 e. The van der Waals surface area contributed by atoms with Crippen molar-refractivity contribution >= 4 is 33.8 Å². The van der Waals surface area contributed by atoms with Crippen molar-refractivity contribution in [2.45, 2.75) is 52.9 Å².